The van der Waals surface area contributed by atoms with Crippen molar-refractivity contribution in [3.8, 4) is 10.8 Å². The van der Waals surface area contributed by atoms with Crippen LogP contribution in [0.2, 0.25) is 0 Å². The minimum Gasteiger partial charge on any atom is -0.410 e. The number of likely N-dealkylation sites (tertiary alicyclic amines) is 1. The van der Waals surface area contributed by atoms with Gasteiger partial charge in [-0.2, -0.15) is 0 Å². The summed E-state index contributed by atoms with van der Waals surface area (Å²) in [6.07, 6.45) is 4.04. The minimum absolute atomic E-state index is 0.596. The van der Waals surface area contributed by atoms with Crippen molar-refractivity contribution in [1.82, 2.24) is 20.1 Å². The molecule has 0 spiro atoms. The molecule has 3 rings (SSSR count). The minimum atomic E-state index is 0.596. The van der Waals surface area contributed by atoms with Crippen molar-refractivity contribution in [1.29, 1.82) is 0 Å². The smallest absolute Gasteiger partial charge is 0.276 e. The summed E-state index contributed by atoms with van der Waals surface area (Å²) in [5.41, 5.74) is 0.964. The Kier molecular flexibility index (Phi) is 4.92. The van der Waals surface area contributed by atoms with Crippen LogP contribution < -0.4 is 0 Å². The summed E-state index contributed by atoms with van der Waals surface area (Å²) in [4.78, 5) is 7.90. The van der Waals surface area contributed by atoms with E-state index in [1.165, 1.54) is 32.4 Å². The van der Waals surface area contributed by atoms with Crippen LogP contribution >= 0.6 is 23.1 Å². The number of hydrogen-bond acceptors (Lipinski definition) is 7. The highest BCUT2D eigenvalue weighted by atomic mass is 32.2. The average Bonchev–Trinajstić information content (AvgIpc) is 3.06. The molecule has 7 heteroatoms. The van der Waals surface area contributed by atoms with Crippen molar-refractivity contribution in [3.05, 3.63) is 10.7 Å². The van der Waals surface area contributed by atoms with E-state index in [1.54, 1.807) is 23.1 Å². The van der Waals surface area contributed by atoms with Gasteiger partial charge in [0.15, 0.2) is 0 Å². The highest BCUT2D eigenvalue weighted by Gasteiger charge is 2.15. The lowest BCUT2D eigenvalue weighted by Crippen LogP contribution is -2.31. The van der Waals surface area contributed by atoms with E-state index in [0.29, 0.717) is 11.1 Å². The molecule has 3 heterocycles. The molecule has 114 valence electrons. The van der Waals surface area contributed by atoms with E-state index in [2.05, 4.69) is 20.1 Å². The van der Waals surface area contributed by atoms with Gasteiger partial charge in [-0.15, -0.1) is 21.5 Å². The Balaban J connectivity index is 1.54. The quantitative estimate of drug-likeness (QED) is 0.786. The fourth-order valence-corrected chi connectivity index (χ4v) is 4.14. The first-order valence-electron chi connectivity index (χ1n) is 7.35. The van der Waals surface area contributed by atoms with Crippen molar-refractivity contribution in [2.75, 3.05) is 25.4 Å². The molecule has 1 saturated heterocycles. The standard InChI is InChI=1S/C14H20N4OS2/c1-10-12(21-11(2)15-10)13-16-17-14(19-13)20-9-8-18-6-4-3-5-7-18/h3-9H2,1-2H3. The Hall–Kier alpha value is -0.920. The molecule has 0 aromatic carbocycles. The maximum atomic E-state index is 5.75. The van der Waals surface area contributed by atoms with Gasteiger partial charge >= 0.3 is 0 Å². The predicted octanol–water partition coefficient (Wildman–Crippen LogP) is 3.39. The zero-order valence-electron chi connectivity index (χ0n) is 12.5. The second-order valence-electron chi connectivity index (χ2n) is 5.27. The third-order valence-electron chi connectivity index (χ3n) is 3.59. The number of nitrogens with zero attached hydrogens (tertiary/aromatic N) is 4. The Labute approximate surface area is 133 Å². The van der Waals surface area contributed by atoms with E-state index < -0.39 is 0 Å². The van der Waals surface area contributed by atoms with Gasteiger partial charge in [0.1, 0.15) is 4.88 Å². The highest BCUT2D eigenvalue weighted by molar-refractivity contribution is 7.99. The van der Waals surface area contributed by atoms with Crippen LogP contribution in [0.4, 0.5) is 0 Å². The Morgan fingerprint density at radius 2 is 2.00 bits per heavy atom. The molecule has 0 atom stereocenters. The fourth-order valence-electron chi connectivity index (χ4n) is 2.53. The molecule has 1 aliphatic heterocycles. The van der Waals surface area contributed by atoms with Gasteiger partial charge in [0.05, 0.1) is 10.7 Å². The first kappa shape index (κ1) is 15.0. The lowest BCUT2D eigenvalue weighted by atomic mass is 10.1. The zero-order valence-corrected chi connectivity index (χ0v) is 14.1. The van der Waals surface area contributed by atoms with Crippen molar-refractivity contribution in [2.45, 2.75) is 38.3 Å². The van der Waals surface area contributed by atoms with Crippen molar-refractivity contribution < 1.29 is 4.42 Å². The van der Waals surface area contributed by atoms with E-state index in [-0.39, 0.29) is 0 Å². The van der Waals surface area contributed by atoms with E-state index in [1.807, 2.05) is 13.8 Å². The molecule has 0 radical (unpaired) electrons. The number of hydrogen-bond donors (Lipinski definition) is 0. The van der Waals surface area contributed by atoms with Crippen LogP contribution in [-0.2, 0) is 0 Å². The molecule has 1 aliphatic rings. The summed E-state index contributed by atoms with van der Waals surface area (Å²) in [6.45, 7) is 7.53. The predicted molar refractivity (Wildman–Crippen MR) is 85.9 cm³/mol. The number of rotatable bonds is 5. The van der Waals surface area contributed by atoms with Gasteiger partial charge in [-0.1, -0.05) is 18.2 Å². The maximum Gasteiger partial charge on any atom is 0.276 e. The molecule has 0 bridgehead atoms. The lowest BCUT2D eigenvalue weighted by Gasteiger charge is -2.25. The fraction of sp³-hybridized carbons (Fsp3) is 0.643. The number of thioether (sulfide) groups is 1. The van der Waals surface area contributed by atoms with Crippen LogP contribution in [0.5, 0.6) is 0 Å². The van der Waals surface area contributed by atoms with Crippen molar-refractivity contribution in [3.63, 3.8) is 0 Å². The molecule has 0 unspecified atom stereocenters. The van der Waals surface area contributed by atoms with Gasteiger partial charge in [-0.05, 0) is 39.8 Å². The molecule has 1 fully saturated rings. The SMILES string of the molecule is Cc1nc(C)c(-c2nnc(SCCN3CCCCC3)o2)s1. The summed E-state index contributed by atoms with van der Waals surface area (Å²) >= 11 is 3.25. The summed E-state index contributed by atoms with van der Waals surface area (Å²) in [6, 6.07) is 0. The molecule has 0 saturated carbocycles. The van der Waals surface area contributed by atoms with Crippen LogP contribution in [-0.4, -0.2) is 45.5 Å². The molecule has 2 aromatic heterocycles. The van der Waals surface area contributed by atoms with Gasteiger partial charge < -0.3 is 9.32 Å². The third-order valence-corrected chi connectivity index (χ3v) is 5.45. The van der Waals surface area contributed by atoms with E-state index in [4.69, 9.17) is 4.42 Å². The van der Waals surface area contributed by atoms with Crippen LogP contribution in [0.3, 0.4) is 0 Å². The first-order chi connectivity index (χ1) is 10.2. The van der Waals surface area contributed by atoms with Gasteiger partial charge in [0.2, 0.25) is 0 Å². The molecule has 0 amide bonds. The van der Waals surface area contributed by atoms with Crippen molar-refractivity contribution in [2.24, 2.45) is 0 Å². The normalized spacial score (nSPS) is 16.5. The summed E-state index contributed by atoms with van der Waals surface area (Å²) in [7, 11) is 0. The number of thiazole rings is 1. The zero-order chi connectivity index (χ0) is 14.7. The largest absolute Gasteiger partial charge is 0.410 e. The molecule has 2 aromatic rings. The van der Waals surface area contributed by atoms with Crippen molar-refractivity contribution >= 4 is 23.1 Å². The summed E-state index contributed by atoms with van der Waals surface area (Å²) in [5.74, 6) is 1.60. The lowest BCUT2D eigenvalue weighted by molar-refractivity contribution is 0.242. The molecule has 0 aliphatic carbocycles. The summed E-state index contributed by atoms with van der Waals surface area (Å²) < 4.78 is 5.75. The Morgan fingerprint density at radius 3 is 2.71 bits per heavy atom. The topological polar surface area (TPSA) is 55.1 Å². The molecular formula is C14H20N4OS2. The number of aryl methyl sites for hydroxylation is 2. The maximum absolute atomic E-state index is 5.75. The Morgan fingerprint density at radius 1 is 1.19 bits per heavy atom. The molecular weight excluding hydrogens is 304 g/mol. The van der Waals surface area contributed by atoms with Gasteiger partial charge in [-0.25, -0.2) is 4.98 Å². The Bertz CT molecular complexity index is 590. The summed E-state index contributed by atoms with van der Waals surface area (Å²) in [5, 5.41) is 9.97. The third kappa shape index (κ3) is 3.84. The first-order valence-corrected chi connectivity index (χ1v) is 9.15. The molecule has 5 nitrogen and oxygen atoms in total. The highest BCUT2D eigenvalue weighted by Crippen LogP contribution is 2.30. The molecule has 0 N–H and O–H groups in total. The van der Waals surface area contributed by atoms with Crippen LogP contribution in [0, 0.1) is 13.8 Å². The average molecular weight is 324 g/mol. The van der Waals surface area contributed by atoms with E-state index in [0.717, 1.165) is 27.9 Å². The van der Waals surface area contributed by atoms with Gasteiger partial charge in [0.25, 0.3) is 11.1 Å². The van der Waals surface area contributed by atoms with E-state index in [9.17, 15) is 0 Å². The van der Waals surface area contributed by atoms with Gasteiger partial charge in [0, 0.05) is 12.3 Å². The van der Waals surface area contributed by atoms with E-state index >= 15 is 0 Å². The second kappa shape index (κ2) is 6.89. The number of piperidine rings is 1. The molecule has 21 heavy (non-hydrogen) atoms. The second-order valence-corrected chi connectivity index (χ2v) is 7.52. The van der Waals surface area contributed by atoms with Crippen LogP contribution in [0.1, 0.15) is 30.0 Å². The van der Waals surface area contributed by atoms with Crippen LogP contribution in [0.15, 0.2) is 9.64 Å². The van der Waals surface area contributed by atoms with Gasteiger partial charge in [-0.3, -0.25) is 0 Å². The monoisotopic (exact) mass is 324 g/mol. The number of aromatic nitrogens is 3. The van der Waals surface area contributed by atoms with Crippen LogP contribution in [0.25, 0.3) is 10.8 Å².